The molecule has 0 unspecified atom stereocenters. The summed E-state index contributed by atoms with van der Waals surface area (Å²) < 4.78 is 59.0. The molecule has 0 N–H and O–H groups in total. The van der Waals surface area contributed by atoms with Crippen LogP contribution in [0.25, 0.3) is 87.1 Å². The van der Waals surface area contributed by atoms with Crippen molar-refractivity contribution in [3.8, 4) is 22.3 Å². The van der Waals surface area contributed by atoms with Crippen LogP contribution in [0, 0.1) is 23.3 Å². The number of hydrogen-bond donors (Lipinski definition) is 0. The molecule has 8 aromatic carbocycles. The first kappa shape index (κ1) is 26.7. The third-order valence-electron chi connectivity index (χ3n) is 9.41. The van der Waals surface area contributed by atoms with Gasteiger partial charge in [-0.1, -0.05) is 48.5 Å². The van der Waals surface area contributed by atoms with Crippen LogP contribution in [0.15, 0.2) is 121 Å². The molecule has 0 fully saturated rings. The largest absolute Gasteiger partial charge is 0.344 e. The van der Waals surface area contributed by atoms with Crippen LogP contribution in [0.1, 0.15) is 0 Å². The second-order valence-electron chi connectivity index (χ2n) is 11.9. The minimum absolute atomic E-state index is 0.312. The summed E-state index contributed by atoms with van der Waals surface area (Å²) in [6.45, 7) is 0. The smallest absolute Gasteiger partial charge is 0.123 e. The quantitative estimate of drug-likeness (QED) is 0.136. The molecule has 0 aliphatic rings. The standard InChI is InChI=1S/C41H23F4N/c1-46-39-20-32-24(6-13-29(22-2-7-25(42)8-3-22)41(32)23-4-9-26(43)10-5-23)16-37(39)38-19-35-30-14-11-27(44)17-33(30)34-18-28(45)12-15-31(34)36(35)21-40(38)46/h2-21H,1H3. The molecular formula is C41H23F4N. The Labute approximate surface area is 260 Å². The number of aromatic nitrogens is 1. The molecule has 1 aromatic heterocycles. The topological polar surface area (TPSA) is 4.93 Å². The minimum atomic E-state index is -0.369. The van der Waals surface area contributed by atoms with E-state index in [1.165, 1.54) is 48.5 Å². The molecule has 0 atom stereocenters. The van der Waals surface area contributed by atoms with Gasteiger partial charge in [0.15, 0.2) is 0 Å². The van der Waals surface area contributed by atoms with Crippen molar-refractivity contribution >= 4 is 64.9 Å². The minimum Gasteiger partial charge on any atom is -0.344 e. The van der Waals surface area contributed by atoms with Gasteiger partial charge in [-0.25, -0.2) is 17.6 Å². The van der Waals surface area contributed by atoms with Crippen LogP contribution in [0.3, 0.4) is 0 Å². The summed E-state index contributed by atoms with van der Waals surface area (Å²) in [7, 11) is 2.03. The lowest BCUT2D eigenvalue weighted by Gasteiger charge is -2.15. The van der Waals surface area contributed by atoms with Gasteiger partial charge in [-0.3, -0.25) is 0 Å². The number of halogens is 4. The number of benzene rings is 8. The lowest BCUT2D eigenvalue weighted by molar-refractivity contribution is 0.627. The van der Waals surface area contributed by atoms with Crippen molar-refractivity contribution < 1.29 is 17.6 Å². The molecule has 0 aliphatic heterocycles. The van der Waals surface area contributed by atoms with Crippen molar-refractivity contribution in [1.82, 2.24) is 4.57 Å². The SMILES string of the molecule is Cn1c2cc3c(-c4ccc(F)cc4)c(-c4ccc(F)cc4)ccc3cc2c2cc3c4ccc(F)cc4c4cc(F)ccc4c3cc21. The van der Waals surface area contributed by atoms with Gasteiger partial charge in [-0.2, -0.15) is 0 Å². The highest BCUT2D eigenvalue weighted by atomic mass is 19.1. The summed E-state index contributed by atoms with van der Waals surface area (Å²) in [5.41, 5.74) is 5.57. The van der Waals surface area contributed by atoms with Crippen LogP contribution >= 0.6 is 0 Å². The molecule has 5 heteroatoms. The molecule has 1 nitrogen and oxygen atoms in total. The van der Waals surface area contributed by atoms with Gasteiger partial charge in [0.25, 0.3) is 0 Å². The van der Waals surface area contributed by atoms with Gasteiger partial charge in [0.2, 0.25) is 0 Å². The molecule has 46 heavy (non-hydrogen) atoms. The van der Waals surface area contributed by atoms with Gasteiger partial charge in [-0.15, -0.1) is 0 Å². The van der Waals surface area contributed by atoms with Gasteiger partial charge in [0, 0.05) is 28.9 Å². The van der Waals surface area contributed by atoms with Crippen molar-refractivity contribution in [2.45, 2.75) is 0 Å². The lowest BCUT2D eigenvalue weighted by atomic mass is 9.89. The van der Waals surface area contributed by atoms with Gasteiger partial charge in [0.1, 0.15) is 23.3 Å². The van der Waals surface area contributed by atoms with Gasteiger partial charge in [0.05, 0.1) is 0 Å². The first-order valence-electron chi connectivity index (χ1n) is 15.0. The fraction of sp³-hybridized carbons (Fsp3) is 0.0244. The van der Waals surface area contributed by atoms with Crippen molar-refractivity contribution in [1.29, 1.82) is 0 Å². The third-order valence-corrected chi connectivity index (χ3v) is 9.41. The molecule has 9 aromatic rings. The Morgan fingerprint density at radius 3 is 1.46 bits per heavy atom. The average Bonchev–Trinajstić information content (AvgIpc) is 3.33. The molecular weight excluding hydrogens is 582 g/mol. The van der Waals surface area contributed by atoms with E-state index in [1.807, 2.05) is 13.1 Å². The molecule has 0 aliphatic carbocycles. The second kappa shape index (κ2) is 9.66. The highest BCUT2D eigenvalue weighted by molar-refractivity contribution is 6.29. The molecule has 0 saturated heterocycles. The summed E-state index contributed by atoms with van der Waals surface area (Å²) in [6.07, 6.45) is 0. The summed E-state index contributed by atoms with van der Waals surface area (Å²) in [4.78, 5) is 0. The van der Waals surface area contributed by atoms with Crippen LogP contribution < -0.4 is 0 Å². The number of aryl methyl sites for hydroxylation is 1. The molecule has 9 rings (SSSR count). The Morgan fingerprint density at radius 2 is 0.848 bits per heavy atom. The number of rotatable bonds is 2. The fourth-order valence-electron chi connectivity index (χ4n) is 7.26. The molecule has 220 valence electrons. The van der Waals surface area contributed by atoms with E-state index in [4.69, 9.17) is 0 Å². The summed E-state index contributed by atoms with van der Waals surface area (Å²) in [5, 5.41) is 9.07. The Kier molecular flexibility index (Phi) is 5.61. The van der Waals surface area contributed by atoms with E-state index in [1.54, 1.807) is 36.4 Å². The lowest BCUT2D eigenvalue weighted by Crippen LogP contribution is -1.91. The highest BCUT2D eigenvalue weighted by Gasteiger charge is 2.18. The summed E-state index contributed by atoms with van der Waals surface area (Å²) >= 11 is 0. The second-order valence-corrected chi connectivity index (χ2v) is 11.9. The monoisotopic (exact) mass is 605 g/mol. The zero-order valence-electron chi connectivity index (χ0n) is 24.5. The molecule has 0 bridgehead atoms. The van der Waals surface area contributed by atoms with Crippen LogP contribution in [0.2, 0.25) is 0 Å². The third kappa shape index (κ3) is 3.88. The Hall–Kier alpha value is -5.68. The number of hydrogen-bond acceptors (Lipinski definition) is 0. The van der Waals surface area contributed by atoms with E-state index in [-0.39, 0.29) is 23.3 Å². The Balaban J connectivity index is 1.40. The predicted molar refractivity (Wildman–Crippen MR) is 181 cm³/mol. The normalized spacial score (nSPS) is 12.0. The first-order valence-corrected chi connectivity index (χ1v) is 15.0. The van der Waals surface area contributed by atoms with E-state index in [0.717, 1.165) is 76.4 Å². The van der Waals surface area contributed by atoms with Crippen molar-refractivity contribution in [3.05, 3.63) is 145 Å². The van der Waals surface area contributed by atoms with Crippen molar-refractivity contribution in [2.75, 3.05) is 0 Å². The fourth-order valence-corrected chi connectivity index (χ4v) is 7.26. The average molecular weight is 606 g/mol. The molecule has 0 radical (unpaired) electrons. The van der Waals surface area contributed by atoms with E-state index in [2.05, 4.69) is 34.9 Å². The van der Waals surface area contributed by atoms with Gasteiger partial charge >= 0.3 is 0 Å². The maximum absolute atomic E-state index is 14.5. The Bertz CT molecular complexity index is 2720. The highest BCUT2D eigenvalue weighted by Crippen LogP contribution is 2.44. The van der Waals surface area contributed by atoms with Crippen LogP contribution in [-0.2, 0) is 7.05 Å². The zero-order valence-corrected chi connectivity index (χ0v) is 24.5. The molecule has 0 spiro atoms. The van der Waals surface area contributed by atoms with E-state index < -0.39 is 0 Å². The van der Waals surface area contributed by atoms with Crippen molar-refractivity contribution in [3.63, 3.8) is 0 Å². The van der Waals surface area contributed by atoms with E-state index in [9.17, 15) is 17.6 Å². The molecule has 0 amide bonds. The predicted octanol–water partition coefficient (Wildman–Crippen LogP) is 11.8. The Morgan fingerprint density at radius 1 is 0.370 bits per heavy atom. The van der Waals surface area contributed by atoms with Crippen LogP contribution in [-0.4, -0.2) is 4.57 Å². The zero-order chi connectivity index (χ0) is 31.3. The summed E-state index contributed by atoms with van der Waals surface area (Å²) in [6, 6.07) is 35.0. The van der Waals surface area contributed by atoms with E-state index >= 15 is 0 Å². The first-order chi connectivity index (χ1) is 22.3. The van der Waals surface area contributed by atoms with Crippen LogP contribution in [0.5, 0.6) is 0 Å². The summed E-state index contributed by atoms with van der Waals surface area (Å²) in [5.74, 6) is -1.37. The van der Waals surface area contributed by atoms with Gasteiger partial charge in [-0.05, 0) is 138 Å². The van der Waals surface area contributed by atoms with Crippen LogP contribution in [0.4, 0.5) is 17.6 Å². The van der Waals surface area contributed by atoms with E-state index in [0.29, 0.717) is 10.8 Å². The molecule has 0 saturated carbocycles. The number of nitrogens with zero attached hydrogens (tertiary/aromatic N) is 1. The van der Waals surface area contributed by atoms with Crippen molar-refractivity contribution in [2.24, 2.45) is 7.05 Å². The van der Waals surface area contributed by atoms with Gasteiger partial charge < -0.3 is 4.57 Å². The maximum Gasteiger partial charge on any atom is 0.123 e. The maximum atomic E-state index is 14.5. The number of fused-ring (bicyclic) bond motifs is 10. The molecule has 1 heterocycles.